The molecule has 0 spiro atoms. The van der Waals surface area contributed by atoms with E-state index in [1.54, 1.807) is 19.4 Å². The zero-order valence-electron chi connectivity index (χ0n) is 12.0. The first-order valence-electron chi connectivity index (χ1n) is 7.24. The fourth-order valence-corrected chi connectivity index (χ4v) is 2.43. The van der Waals surface area contributed by atoms with Crippen LogP contribution >= 0.6 is 0 Å². The maximum atomic E-state index is 11.8. The van der Waals surface area contributed by atoms with E-state index in [0.29, 0.717) is 24.8 Å². The van der Waals surface area contributed by atoms with Crippen LogP contribution in [-0.2, 0) is 11.3 Å². The molecule has 2 rings (SSSR count). The van der Waals surface area contributed by atoms with Gasteiger partial charge in [-0.05, 0) is 43.8 Å². The number of nitrogens with zero attached hydrogens (tertiary/aromatic N) is 1. The van der Waals surface area contributed by atoms with Crippen molar-refractivity contribution in [2.24, 2.45) is 5.92 Å². The Labute approximate surface area is 120 Å². The van der Waals surface area contributed by atoms with E-state index in [1.165, 1.54) is 12.8 Å². The summed E-state index contributed by atoms with van der Waals surface area (Å²) in [6, 6.07) is 3.71. The van der Waals surface area contributed by atoms with Crippen LogP contribution in [0, 0.1) is 5.92 Å². The van der Waals surface area contributed by atoms with Gasteiger partial charge in [-0.3, -0.25) is 4.79 Å². The molecule has 0 aliphatic carbocycles. The highest BCUT2D eigenvalue weighted by atomic mass is 16.5. The lowest BCUT2D eigenvalue weighted by molar-refractivity contribution is -0.121. The first kappa shape index (κ1) is 14.8. The van der Waals surface area contributed by atoms with Gasteiger partial charge in [0.25, 0.3) is 0 Å². The van der Waals surface area contributed by atoms with Gasteiger partial charge in [0.05, 0.1) is 7.11 Å². The van der Waals surface area contributed by atoms with Crippen molar-refractivity contribution >= 4 is 5.91 Å². The van der Waals surface area contributed by atoms with Crippen LogP contribution in [0.5, 0.6) is 5.88 Å². The van der Waals surface area contributed by atoms with Gasteiger partial charge in [0, 0.05) is 25.2 Å². The van der Waals surface area contributed by atoms with Crippen LogP contribution in [0.15, 0.2) is 18.3 Å². The Bertz CT molecular complexity index is 414. The molecule has 2 heterocycles. The number of piperidine rings is 1. The summed E-state index contributed by atoms with van der Waals surface area (Å²) in [6.07, 6.45) is 5.77. The van der Waals surface area contributed by atoms with Crippen molar-refractivity contribution in [3.8, 4) is 5.88 Å². The first-order chi connectivity index (χ1) is 9.78. The summed E-state index contributed by atoms with van der Waals surface area (Å²) in [5.74, 6) is 1.36. The van der Waals surface area contributed by atoms with Crippen molar-refractivity contribution in [2.75, 3.05) is 20.2 Å². The van der Waals surface area contributed by atoms with E-state index >= 15 is 0 Å². The second-order valence-corrected chi connectivity index (χ2v) is 5.24. The van der Waals surface area contributed by atoms with Crippen molar-refractivity contribution in [3.05, 3.63) is 23.9 Å². The summed E-state index contributed by atoms with van der Waals surface area (Å²) in [7, 11) is 1.59. The zero-order valence-corrected chi connectivity index (χ0v) is 12.0. The molecular weight excluding hydrogens is 254 g/mol. The molecule has 5 nitrogen and oxygen atoms in total. The highest BCUT2D eigenvalue weighted by Crippen LogP contribution is 2.15. The molecule has 1 saturated heterocycles. The topological polar surface area (TPSA) is 63.2 Å². The monoisotopic (exact) mass is 277 g/mol. The van der Waals surface area contributed by atoms with E-state index in [2.05, 4.69) is 15.6 Å². The lowest BCUT2D eigenvalue weighted by Gasteiger charge is -2.22. The summed E-state index contributed by atoms with van der Waals surface area (Å²) in [5, 5.41) is 6.31. The molecule has 2 N–H and O–H groups in total. The predicted molar refractivity (Wildman–Crippen MR) is 77.5 cm³/mol. The molecule has 0 bridgehead atoms. The summed E-state index contributed by atoms with van der Waals surface area (Å²) in [5.41, 5.74) is 0.985. The molecule has 1 amide bonds. The first-order valence-corrected chi connectivity index (χ1v) is 7.24. The van der Waals surface area contributed by atoms with Gasteiger partial charge in [-0.15, -0.1) is 0 Å². The van der Waals surface area contributed by atoms with Gasteiger partial charge < -0.3 is 15.4 Å². The molecule has 1 aliphatic heterocycles. The number of hydrogen-bond donors (Lipinski definition) is 2. The maximum absolute atomic E-state index is 11.8. The number of hydrogen-bond acceptors (Lipinski definition) is 4. The Hall–Kier alpha value is -1.62. The summed E-state index contributed by atoms with van der Waals surface area (Å²) in [6.45, 7) is 2.70. The van der Waals surface area contributed by atoms with Gasteiger partial charge in [-0.1, -0.05) is 6.07 Å². The SMILES string of the molecule is COc1ccc(CNC(=O)CCC2CCCNC2)cn1. The molecule has 1 atom stereocenters. The van der Waals surface area contributed by atoms with Gasteiger partial charge in [-0.2, -0.15) is 0 Å². The number of pyridine rings is 1. The molecule has 0 aromatic carbocycles. The van der Waals surface area contributed by atoms with E-state index in [0.717, 1.165) is 25.1 Å². The average molecular weight is 277 g/mol. The van der Waals surface area contributed by atoms with Gasteiger partial charge in [0.2, 0.25) is 11.8 Å². The molecule has 5 heteroatoms. The smallest absolute Gasteiger partial charge is 0.220 e. The van der Waals surface area contributed by atoms with Gasteiger partial charge in [-0.25, -0.2) is 4.98 Å². The fourth-order valence-electron chi connectivity index (χ4n) is 2.43. The average Bonchev–Trinajstić information content (AvgIpc) is 2.52. The van der Waals surface area contributed by atoms with E-state index in [1.807, 2.05) is 6.07 Å². The number of methoxy groups -OCH3 is 1. The molecule has 20 heavy (non-hydrogen) atoms. The van der Waals surface area contributed by atoms with Crippen LogP contribution in [0.25, 0.3) is 0 Å². The van der Waals surface area contributed by atoms with Crippen molar-refractivity contribution in [3.63, 3.8) is 0 Å². The number of amides is 1. The van der Waals surface area contributed by atoms with Crippen LogP contribution < -0.4 is 15.4 Å². The molecule has 1 aliphatic rings. The molecule has 1 aromatic rings. The maximum Gasteiger partial charge on any atom is 0.220 e. The predicted octanol–water partition coefficient (Wildman–Crippen LogP) is 1.49. The number of aromatic nitrogens is 1. The molecule has 0 saturated carbocycles. The lowest BCUT2D eigenvalue weighted by Crippen LogP contribution is -2.31. The van der Waals surface area contributed by atoms with E-state index in [4.69, 9.17) is 4.74 Å². The van der Waals surface area contributed by atoms with Crippen molar-refractivity contribution in [2.45, 2.75) is 32.2 Å². The van der Waals surface area contributed by atoms with Gasteiger partial charge >= 0.3 is 0 Å². The molecule has 110 valence electrons. The third-order valence-electron chi connectivity index (χ3n) is 3.68. The molecule has 1 aromatic heterocycles. The third kappa shape index (κ3) is 4.81. The zero-order chi connectivity index (χ0) is 14.2. The second-order valence-electron chi connectivity index (χ2n) is 5.24. The van der Waals surface area contributed by atoms with Crippen molar-refractivity contribution < 1.29 is 9.53 Å². The van der Waals surface area contributed by atoms with E-state index < -0.39 is 0 Å². The van der Waals surface area contributed by atoms with Crippen molar-refractivity contribution in [1.82, 2.24) is 15.6 Å². The minimum absolute atomic E-state index is 0.117. The van der Waals surface area contributed by atoms with Crippen LogP contribution in [-0.4, -0.2) is 31.1 Å². The summed E-state index contributed by atoms with van der Waals surface area (Å²) in [4.78, 5) is 15.9. The lowest BCUT2D eigenvalue weighted by atomic mass is 9.94. The Morgan fingerprint density at radius 2 is 2.45 bits per heavy atom. The number of ether oxygens (including phenoxy) is 1. The van der Waals surface area contributed by atoms with Crippen LogP contribution in [0.1, 0.15) is 31.2 Å². The molecule has 1 unspecified atom stereocenters. The molecule has 1 fully saturated rings. The Morgan fingerprint density at radius 3 is 3.10 bits per heavy atom. The molecular formula is C15H23N3O2. The van der Waals surface area contributed by atoms with Crippen LogP contribution in [0.3, 0.4) is 0 Å². The standard InChI is InChI=1S/C15H23N3O2/c1-20-15-7-5-13(11-18-15)10-17-14(19)6-4-12-3-2-8-16-9-12/h5,7,11-12,16H,2-4,6,8-10H2,1H3,(H,17,19). The summed E-state index contributed by atoms with van der Waals surface area (Å²) < 4.78 is 5.00. The highest BCUT2D eigenvalue weighted by molar-refractivity contribution is 5.75. The van der Waals surface area contributed by atoms with Gasteiger partial charge in [0.15, 0.2) is 0 Å². The van der Waals surface area contributed by atoms with Crippen molar-refractivity contribution in [1.29, 1.82) is 0 Å². The number of carbonyl (C=O) groups excluding carboxylic acids is 1. The number of carbonyl (C=O) groups is 1. The normalized spacial score (nSPS) is 18.6. The fraction of sp³-hybridized carbons (Fsp3) is 0.600. The van der Waals surface area contributed by atoms with E-state index in [9.17, 15) is 4.79 Å². The number of rotatable bonds is 6. The Kier molecular flexibility index (Phi) is 5.80. The Balaban J connectivity index is 1.66. The largest absolute Gasteiger partial charge is 0.481 e. The van der Waals surface area contributed by atoms with E-state index in [-0.39, 0.29) is 5.91 Å². The minimum atomic E-state index is 0.117. The Morgan fingerprint density at radius 1 is 1.55 bits per heavy atom. The second kappa shape index (κ2) is 7.85. The minimum Gasteiger partial charge on any atom is -0.481 e. The molecule has 0 radical (unpaired) electrons. The summed E-state index contributed by atoms with van der Waals surface area (Å²) >= 11 is 0. The van der Waals surface area contributed by atoms with Crippen LogP contribution in [0.4, 0.5) is 0 Å². The highest BCUT2D eigenvalue weighted by Gasteiger charge is 2.14. The van der Waals surface area contributed by atoms with Gasteiger partial charge in [0.1, 0.15) is 0 Å². The quantitative estimate of drug-likeness (QED) is 0.827. The number of nitrogens with one attached hydrogen (secondary N) is 2. The third-order valence-corrected chi connectivity index (χ3v) is 3.68. The van der Waals surface area contributed by atoms with Crippen LogP contribution in [0.2, 0.25) is 0 Å².